The molecule has 20 heavy (non-hydrogen) atoms. The minimum Gasteiger partial charge on any atom is -0.490 e. The van der Waals surface area contributed by atoms with Gasteiger partial charge in [0.2, 0.25) is 5.91 Å². The summed E-state index contributed by atoms with van der Waals surface area (Å²) in [5.74, 6) is 1.22. The molecule has 0 spiro atoms. The fraction of sp³-hybridized carbons (Fsp3) is 0.429. The van der Waals surface area contributed by atoms with Gasteiger partial charge in [-0.15, -0.1) is 0 Å². The molecule has 6 heteroatoms. The van der Waals surface area contributed by atoms with Crippen LogP contribution in [-0.2, 0) is 4.79 Å². The summed E-state index contributed by atoms with van der Waals surface area (Å²) in [6, 6.07) is 5.37. The van der Waals surface area contributed by atoms with E-state index >= 15 is 0 Å². The number of nitrogens with one attached hydrogen (secondary N) is 1. The van der Waals surface area contributed by atoms with Gasteiger partial charge in [0.05, 0.1) is 23.6 Å². The van der Waals surface area contributed by atoms with Crippen LogP contribution in [0, 0.1) is 5.41 Å². The van der Waals surface area contributed by atoms with Crippen LogP contribution >= 0.6 is 12.2 Å². The zero-order chi connectivity index (χ0) is 14.2. The number of rotatable bonds is 3. The zero-order valence-corrected chi connectivity index (χ0v) is 11.8. The number of anilines is 1. The van der Waals surface area contributed by atoms with E-state index in [1.807, 2.05) is 0 Å². The summed E-state index contributed by atoms with van der Waals surface area (Å²) in [6.45, 7) is 1.25. The van der Waals surface area contributed by atoms with Crippen LogP contribution in [-0.4, -0.2) is 24.1 Å². The van der Waals surface area contributed by atoms with Gasteiger partial charge in [-0.05, 0) is 25.0 Å². The van der Waals surface area contributed by atoms with Crippen molar-refractivity contribution >= 4 is 28.8 Å². The minimum atomic E-state index is -0.653. The molecule has 1 fully saturated rings. The maximum Gasteiger partial charge on any atom is 0.237 e. The number of hydrogen-bond acceptors (Lipinski definition) is 4. The van der Waals surface area contributed by atoms with E-state index in [1.165, 1.54) is 0 Å². The van der Waals surface area contributed by atoms with Gasteiger partial charge >= 0.3 is 0 Å². The summed E-state index contributed by atoms with van der Waals surface area (Å²) >= 11 is 4.97. The lowest BCUT2D eigenvalue weighted by Crippen LogP contribution is -2.34. The summed E-state index contributed by atoms with van der Waals surface area (Å²) in [4.78, 5) is 12.5. The van der Waals surface area contributed by atoms with E-state index < -0.39 is 5.41 Å². The van der Waals surface area contributed by atoms with Crippen molar-refractivity contribution in [1.29, 1.82) is 0 Å². The number of hydrogen-bond donors (Lipinski definition) is 2. The predicted molar refractivity (Wildman–Crippen MR) is 79.1 cm³/mol. The fourth-order valence-electron chi connectivity index (χ4n) is 2.20. The van der Waals surface area contributed by atoms with Crippen LogP contribution in [0.5, 0.6) is 11.5 Å². The number of ether oxygens (including phenoxy) is 2. The molecule has 1 saturated carbocycles. The first-order chi connectivity index (χ1) is 9.62. The molecule has 1 amide bonds. The molecular formula is C14H16N2O3S. The van der Waals surface area contributed by atoms with Gasteiger partial charge in [-0.2, -0.15) is 0 Å². The quantitative estimate of drug-likeness (QED) is 0.832. The molecule has 1 aliphatic heterocycles. The molecule has 0 bridgehead atoms. The molecule has 106 valence electrons. The second kappa shape index (κ2) is 4.94. The molecular weight excluding hydrogens is 276 g/mol. The average Bonchev–Trinajstić information content (AvgIpc) is 3.23. The van der Waals surface area contributed by atoms with Crippen LogP contribution in [0.4, 0.5) is 5.69 Å². The summed E-state index contributed by atoms with van der Waals surface area (Å²) in [5.41, 5.74) is 5.66. The molecule has 1 aromatic rings. The Morgan fingerprint density at radius 2 is 1.95 bits per heavy atom. The first-order valence-corrected chi connectivity index (χ1v) is 7.04. The van der Waals surface area contributed by atoms with Gasteiger partial charge in [0.1, 0.15) is 0 Å². The van der Waals surface area contributed by atoms with E-state index in [-0.39, 0.29) is 10.9 Å². The topological polar surface area (TPSA) is 73.6 Å². The van der Waals surface area contributed by atoms with Crippen molar-refractivity contribution in [2.45, 2.75) is 19.3 Å². The Labute approximate surface area is 122 Å². The molecule has 0 saturated heterocycles. The number of nitrogens with two attached hydrogens (primary N) is 1. The van der Waals surface area contributed by atoms with Crippen molar-refractivity contribution in [1.82, 2.24) is 0 Å². The number of carbonyl (C=O) groups is 1. The SMILES string of the molecule is NC(=S)C1(C(=O)Nc2ccc3c(c2)OCCCO3)CC1. The first kappa shape index (κ1) is 13.2. The van der Waals surface area contributed by atoms with Crippen LogP contribution in [0.2, 0.25) is 0 Å². The Balaban J connectivity index is 1.77. The molecule has 1 aliphatic carbocycles. The number of carbonyl (C=O) groups excluding carboxylic acids is 1. The number of amides is 1. The molecule has 3 rings (SSSR count). The van der Waals surface area contributed by atoms with Crippen LogP contribution in [0.15, 0.2) is 18.2 Å². The third-order valence-corrected chi connectivity index (χ3v) is 4.05. The number of thiocarbonyl (C=S) groups is 1. The summed E-state index contributed by atoms with van der Waals surface area (Å²) in [6.07, 6.45) is 2.29. The molecule has 2 aliphatic rings. The van der Waals surface area contributed by atoms with E-state index in [0.29, 0.717) is 30.4 Å². The highest BCUT2D eigenvalue weighted by Crippen LogP contribution is 2.47. The Hall–Kier alpha value is -1.82. The van der Waals surface area contributed by atoms with Gasteiger partial charge in [-0.3, -0.25) is 4.79 Å². The molecule has 3 N–H and O–H groups in total. The van der Waals surface area contributed by atoms with Crippen LogP contribution in [0.25, 0.3) is 0 Å². The maximum atomic E-state index is 12.2. The Morgan fingerprint density at radius 3 is 2.60 bits per heavy atom. The molecule has 1 aromatic carbocycles. The molecule has 0 atom stereocenters. The van der Waals surface area contributed by atoms with Crippen LogP contribution < -0.4 is 20.5 Å². The normalized spacial score (nSPS) is 18.8. The second-order valence-electron chi connectivity index (χ2n) is 5.11. The highest BCUT2D eigenvalue weighted by atomic mass is 32.1. The predicted octanol–water partition coefficient (Wildman–Crippen LogP) is 1.85. The lowest BCUT2D eigenvalue weighted by molar-refractivity contribution is -0.118. The van der Waals surface area contributed by atoms with Crippen molar-refractivity contribution in [2.24, 2.45) is 11.1 Å². The maximum absolute atomic E-state index is 12.2. The Morgan fingerprint density at radius 1 is 1.25 bits per heavy atom. The highest BCUT2D eigenvalue weighted by Gasteiger charge is 2.52. The van der Waals surface area contributed by atoms with Crippen molar-refractivity contribution in [3.63, 3.8) is 0 Å². The number of fused-ring (bicyclic) bond motifs is 1. The molecule has 0 unspecified atom stereocenters. The Bertz CT molecular complexity index is 570. The minimum absolute atomic E-state index is 0.139. The number of benzene rings is 1. The summed E-state index contributed by atoms with van der Waals surface area (Å²) in [5, 5.41) is 2.85. The monoisotopic (exact) mass is 292 g/mol. The lowest BCUT2D eigenvalue weighted by Gasteiger charge is -2.15. The molecule has 0 radical (unpaired) electrons. The van der Waals surface area contributed by atoms with E-state index in [4.69, 9.17) is 27.4 Å². The van der Waals surface area contributed by atoms with E-state index in [9.17, 15) is 4.79 Å². The van der Waals surface area contributed by atoms with E-state index in [0.717, 1.165) is 19.3 Å². The van der Waals surface area contributed by atoms with E-state index in [2.05, 4.69) is 5.32 Å². The van der Waals surface area contributed by atoms with Gasteiger partial charge < -0.3 is 20.5 Å². The van der Waals surface area contributed by atoms with Crippen LogP contribution in [0.3, 0.4) is 0 Å². The van der Waals surface area contributed by atoms with Gasteiger partial charge in [-0.1, -0.05) is 12.2 Å². The first-order valence-electron chi connectivity index (χ1n) is 6.63. The largest absolute Gasteiger partial charge is 0.490 e. The van der Waals surface area contributed by atoms with E-state index in [1.54, 1.807) is 18.2 Å². The fourth-order valence-corrected chi connectivity index (χ4v) is 2.50. The van der Waals surface area contributed by atoms with Crippen molar-refractivity contribution in [3.8, 4) is 11.5 Å². The third kappa shape index (κ3) is 2.31. The standard InChI is InChI=1S/C14H16N2O3S/c15-12(20)14(4-5-14)13(17)16-9-2-3-10-11(8-9)19-7-1-6-18-10/h2-3,8H,1,4-7H2,(H2,15,20)(H,16,17). The van der Waals surface area contributed by atoms with Gasteiger partial charge in [0.15, 0.2) is 11.5 Å². The average molecular weight is 292 g/mol. The smallest absolute Gasteiger partial charge is 0.237 e. The third-order valence-electron chi connectivity index (χ3n) is 3.66. The van der Waals surface area contributed by atoms with Gasteiger partial charge in [-0.25, -0.2) is 0 Å². The van der Waals surface area contributed by atoms with Gasteiger partial charge in [0.25, 0.3) is 0 Å². The molecule has 0 aromatic heterocycles. The highest BCUT2D eigenvalue weighted by molar-refractivity contribution is 7.80. The molecule has 5 nitrogen and oxygen atoms in total. The summed E-state index contributed by atoms with van der Waals surface area (Å²) < 4.78 is 11.1. The van der Waals surface area contributed by atoms with Crippen molar-refractivity contribution < 1.29 is 14.3 Å². The van der Waals surface area contributed by atoms with Crippen molar-refractivity contribution in [3.05, 3.63) is 18.2 Å². The lowest BCUT2D eigenvalue weighted by atomic mass is 10.1. The summed E-state index contributed by atoms with van der Waals surface area (Å²) in [7, 11) is 0. The van der Waals surface area contributed by atoms with Crippen LogP contribution in [0.1, 0.15) is 19.3 Å². The van der Waals surface area contributed by atoms with Gasteiger partial charge in [0, 0.05) is 18.2 Å². The Kier molecular flexibility index (Phi) is 3.25. The zero-order valence-electron chi connectivity index (χ0n) is 11.0. The second-order valence-corrected chi connectivity index (χ2v) is 5.55. The molecule has 1 heterocycles. The van der Waals surface area contributed by atoms with Crippen molar-refractivity contribution in [2.75, 3.05) is 18.5 Å².